The smallest absolute Gasteiger partial charge is 0.123 e. The maximum atomic E-state index is 9.15. The van der Waals surface area contributed by atoms with Gasteiger partial charge in [-0.15, -0.1) is 0 Å². The lowest BCUT2D eigenvalue weighted by Gasteiger charge is -2.53. The summed E-state index contributed by atoms with van der Waals surface area (Å²) in [5.41, 5.74) is 21.9. The average Bonchev–Trinajstić information content (AvgIpc) is 2.24. The number of nitrogens with two attached hydrogens (primary N) is 4. The zero-order valence-corrected chi connectivity index (χ0v) is 11.1. The quantitative estimate of drug-likeness (QED) is 0.231. The summed E-state index contributed by atoms with van der Waals surface area (Å²) in [5.74, 6) is -1.57. The first-order chi connectivity index (χ1) is 8.18. The van der Waals surface area contributed by atoms with Crippen molar-refractivity contribution >= 4 is 0 Å². The van der Waals surface area contributed by atoms with Crippen molar-refractivity contribution < 1.29 is 15.3 Å². The second-order valence-electron chi connectivity index (χ2n) is 5.20. The Hall–Kier alpha value is -0.280. The monoisotopic (exact) mass is 264 g/mol. The Kier molecular flexibility index (Phi) is 6.66. The second-order valence-corrected chi connectivity index (χ2v) is 5.20. The van der Waals surface area contributed by atoms with E-state index in [4.69, 9.17) is 38.3 Å². The molecule has 7 nitrogen and oxygen atoms in total. The van der Waals surface area contributed by atoms with Gasteiger partial charge in [-0.3, -0.25) is 0 Å². The molecule has 0 rings (SSSR count). The number of rotatable bonds is 9. The molecule has 0 aromatic rings. The van der Waals surface area contributed by atoms with Crippen LogP contribution in [0.25, 0.3) is 0 Å². The van der Waals surface area contributed by atoms with Crippen LogP contribution in [0.4, 0.5) is 0 Å². The summed E-state index contributed by atoms with van der Waals surface area (Å²) < 4.78 is 0. The molecule has 0 bridgehead atoms. The third-order valence-corrected chi connectivity index (χ3v) is 4.01. The van der Waals surface area contributed by atoms with E-state index >= 15 is 0 Å². The molecule has 0 heterocycles. The third kappa shape index (κ3) is 3.61. The van der Waals surface area contributed by atoms with Crippen molar-refractivity contribution in [3.8, 4) is 0 Å². The van der Waals surface area contributed by atoms with Gasteiger partial charge in [0.15, 0.2) is 0 Å². The molecule has 0 radical (unpaired) electrons. The van der Waals surface area contributed by atoms with Gasteiger partial charge in [-0.25, -0.2) is 0 Å². The van der Waals surface area contributed by atoms with Crippen LogP contribution in [0.1, 0.15) is 32.6 Å². The fraction of sp³-hybridized carbons (Fsp3) is 1.00. The first-order valence-corrected chi connectivity index (χ1v) is 6.16. The molecular formula is C11H28N4O3. The van der Waals surface area contributed by atoms with Crippen LogP contribution in [-0.4, -0.2) is 46.5 Å². The van der Waals surface area contributed by atoms with E-state index in [1.165, 1.54) is 0 Å². The summed E-state index contributed by atoms with van der Waals surface area (Å²) in [7, 11) is 0. The van der Waals surface area contributed by atoms with E-state index in [1.807, 2.05) is 0 Å². The Morgan fingerprint density at radius 2 is 1.22 bits per heavy atom. The molecule has 1 unspecified atom stereocenters. The van der Waals surface area contributed by atoms with E-state index < -0.39 is 16.7 Å². The van der Waals surface area contributed by atoms with Crippen LogP contribution >= 0.6 is 0 Å². The Morgan fingerprint density at radius 1 is 0.778 bits per heavy atom. The fourth-order valence-electron chi connectivity index (χ4n) is 2.41. The number of hydrogen-bond acceptors (Lipinski definition) is 7. The lowest BCUT2D eigenvalue weighted by molar-refractivity contribution is -0.00183. The van der Waals surface area contributed by atoms with Crippen molar-refractivity contribution in [2.75, 3.05) is 19.8 Å². The normalized spacial score (nSPS) is 16.7. The first kappa shape index (κ1) is 17.7. The Morgan fingerprint density at radius 3 is 1.50 bits per heavy atom. The molecule has 110 valence electrons. The lowest BCUT2D eigenvalue weighted by atomic mass is 9.61. The van der Waals surface area contributed by atoms with Crippen molar-refractivity contribution in [1.29, 1.82) is 0 Å². The predicted octanol–water partition coefficient (Wildman–Crippen LogP) is -2.24. The standard InChI is InChI=1S/C11H28N4O3/c1-9(3-2-6-16,11(13,14)15)10(12,4-7-17)5-8-18/h16-18H,2-8,12-15H2,1H3. The minimum atomic E-state index is -1.57. The van der Waals surface area contributed by atoms with Gasteiger partial charge >= 0.3 is 0 Å². The molecule has 0 aliphatic rings. The van der Waals surface area contributed by atoms with Crippen LogP contribution in [-0.2, 0) is 0 Å². The van der Waals surface area contributed by atoms with Crippen LogP contribution in [0.15, 0.2) is 0 Å². The van der Waals surface area contributed by atoms with E-state index in [2.05, 4.69) is 0 Å². The van der Waals surface area contributed by atoms with E-state index in [0.29, 0.717) is 12.8 Å². The highest BCUT2D eigenvalue weighted by Gasteiger charge is 2.52. The number of hydrogen-bond donors (Lipinski definition) is 7. The van der Waals surface area contributed by atoms with Gasteiger partial charge in [0.25, 0.3) is 0 Å². The third-order valence-electron chi connectivity index (χ3n) is 4.01. The molecule has 18 heavy (non-hydrogen) atoms. The zero-order chi connectivity index (χ0) is 14.4. The molecule has 0 spiro atoms. The summed E-state index contributed by atoms with van der Waals surface area (Å²) in [6.45, 7) is 1.40. The SMILES string of the molecule is CC(CCCO)(C(N)(N)N)C(N)(CCO)CCO. The van der Waals surface area contributed by atoms with Crippen molar-refractivity contribution in [2.24, 2.45) is 28.3 Å². The van der Waals surface area contributed by atoms with Gasteiger partial charge in [-0.2, -0.15) is 0 Å². The lowest BCUT2D eigenvalue weighted by Crippen LogP contribution is -2.77. The van der Waals surface area contributed by atoms with Crippen LogP contribution in [0.3, 0.4) is 0 Å². The molecule has 0 saturated heterocycles. The molecule has 0 amide bonds. The van der Waals surface area contributed by atoms with Crippen LogP contribution in [0, 0.1) is 5.41 Å². The average molecular weight is 264 g/mol. The van der Waals surface area contributed by atoms with Crippen molar-refractivity contribution in [3.63, 3.8) is 0 Å². The second kappa shape index (κ2) is 6.76. The molecule has 11 N–H and O–H groups in total. The van der Waals surface area contributed by atoms with Gasteiger partial charge in [0.1, 0.15) is 5.79 Å². The summed E-state index contributed by atoms with van der Waals surface area (Å²) in [4.78, 5) is 0. The van der Waals surface area contributed by atoms with Crippen molar-refractivity contribution in [3.05, 3.63) is 0 Å². The molecule has 7 heteroatoms. The predicted molar refractivity (Wildman–Crippen MR) is 70.0 cm³/mol. The summed E-state index contributed by atoms with van der Waals surface area (Å²) in [6, 6.07) is 0. The highest BCUT2D eigenvalue weighted by molar-refractivity contribution is 5.08. The van der Waals surface area contributed by atoms with Gasteiger partial charge < -0.3 is 38.3 Å². The number of aliphatic hydroxyl groups is 3. The minimum Gasteiger partial charge on any atom is -0.396 e. The van der Waals surface area contributed by atoms with Gasteiger partial charge in [0.2, 0.25) is 0 Å². The molecule has 0 aromatic heterocycles. The summed E-state index contributed by atoms with van der Waals surface area (Å²) >= 11 is 0. The molecule has 0 aliphatic carbocycles. The van der Waals surface area contributed by atoms with Gasteiger partial charge in [-0.05, 0) is 25.7 Å². The van der Waals surface area contributed by atoms with Gasteiger partial charge in [-0.1, -0.05) is 6.92 Å². The highest BCUT2D eigenvalue weighted by atomic mass is 16.3. The largest absolute Gasteiger partial charge is 0.396 e. The zero-order valence-electron chi connectivity index (χ0n) is 11.1. The maximum absolute atomic E-state index is 9.15. The molecule has 0 aliphatic heterocycles. The Balaban J connectivity index is 5.35. The van der Waals surface area contributed by atoms with E-state index in [0.717, 1.165) is 0 Å². The fourth-order valence-corrected chi connectivity index (χ4v) is 2.41. The van der Waals surface area contributed by atoms with E-state index in [9.17, 15) is 0 Å². The van der Waals surface area contributed by atoms with Crippen molar-refractivity contribution in [2.45, 2.75) is 43.9 Å². The van der Waals surface area contributed by atoms with Crippen LogP contribution < -0.4 is 22.9 Å². The molecular weight excluding hydrogens is 236 g/mol. The van der Waals surface area contributed by atoms with E-state index in [-0.39, 0.29) is 32.7 Å². The van der Waals surface area contributed by atoms with Crippen LogP contribution in [0.5, 0.6) is 0 Å². The Bertz CT molecular complexity index is 239. The minimum absolute atomic E-state index is 0.0278. The topological polar surface area (TPSA) is 165 Å². The highest BCUT2D eigenvalue weighted by Crippen LogP contribution is 2.42. The summed E-state index contributed by atoms with van der Waals surface area (Å²) in [5, 5.41) is 27.3. The molecule has 0 saturated carbocycles. The first-order valence-electron chi connectivity index (χ1n) is 6.16. The summed E-state index contributed by atoms with van der Waals surface area (Å²) in [6.07, 6.45) is 1.30. The molecule has 0 fully saturated rings. The van der Waals surface area contributed by atoms with Gasteiger partial charge in [0, 0.05) is 30.8 Å². The van der Waals surface area contributed by atoms with Crippen LogP contribution in [0.2, 0.25) is 0 Å². The van der Waals surface area contributed by atoms with Crippen molar-refractivity contribution in [1.82, 2.24) is 0 Å². The van der Waals surface area contributed by atoms with Gasteiger partial charge in [0.05, 0.1) is 0 Å². The Labute approximate surface area is 108 Å². The maximum Gasteiger partial charge on any atom is 0.123 e. The molecule has 1 atom stereocenters. The molecule has 0 aromatic carbocycles. The number of aliphatic hydroxyl groups excluding tert-OH is 3. The van der Waals surface area contributed by atoms with E-state index in [1.54, 1.807) is 6.92 Å².